The monoisotopic (exact) mass is 356 g/mol. The Morgan fingerprint density at radius 3 is 1.62 bits per heavy atom. The van der Waals surface area contributed by atoms with E-state index in [1.54, 1.807) is 0 Å². The van der Waals surface area contributed by atoms with Crippen molar-refractivity contribution in [2.45, 2.75) is 24.3 Å². The highest BCUT2D eigenvalue weighted by Gasteiger charge is 2.64. The van der Waals surface area contributed by atoms with Crippen LogP contribution in [0, 0.1) is 0 Å². The Kier molecular flexibility index (Phi) is 6.50. The molecule has 1 unspecified atom stereocenters. The highest BCUT2D eigenvalue weighted by molar-refractivity contribution is 6.62. The molecule has 14 heteroatoms. The van der Waals surface area contributed by atoms with Crippen molar-refractivity contribution < 1.29 is 57.5 Å². The molecule has 0 aromatic heterocycles. The van der Waals surface area contributed by atoms with Crippen molar-refractivity contribution in [2.75, 3.05) is 21.0 Å². The Morgan fingerprint density at radius 2 is 1.33 bits per heavy atom. The molecule has 0 bridgehead atoms. The van der Waals surface area contributed by atoms with Gasteiger partial charge in [-0.15, -0.1) is 0 Å². The second-order valence-electron chi connectivity index (χ2n) is 3.34. The highest BCUT2D eigenvalue weighted by atomic mass is 28.4. The van der Waals surface area contributed by atoms with Crippen LogP contribution >= 0.6 is 0 Å². The normalized spacial score (nSPS) is 16.1. The second-order valence-corrected chi connectivity index (χ2v) is 6.16. The Bertz CT molecular complexity index is 327. The van der Waals surface area contributed by atoms with Gasteiger partial charge < -0.3 is 13.3 Å². The summed E-state index contributed by atoms with van der Waals surface area (Å²) in [6, 6.07) is 0. The van der Waals surface area contributed by atoms with Crippen LogP contribution in [0.1, 0.15) is 0 Å². The van der Waals surface area contributed by atoms with Crippen LogP contribution in [-0.4, -0.2) is 54.1 Å². The lowest BCUT2D eigenvalue weighted by molar-refractivity contribution is -0.402. The largest absolute Gasteiger partial charge is 0.548 e. The van der Waals surface area contributed by atoms with Crippen molar-refractivity contribution in [3.63, 3.8) is 0 Å². The number of hydrogen-bond acceptors (Lipinski definition) is 4. The molecule has 0 radical (unpaired) electrons. The van der Waals surface area contributed by atoms with E-state index in [-0.39, 0.29) is 0 Å². The van der Waals surface area contributed by atoms with Gasteiger partial charge in [-0.25, -0.2) is 4.39 Å². The van der Waals surface area contributed by atoms with Gasteiger partial charge in [0.05, 0.1) is 0 Å². The zero-order valence-electron chi connectivity index (χ0n) is 10.3. The first-order valence-corrected chi connectivity index (χ1v) is 6.57. The van der Waals surface area contributed by atoms with Crippen LogP contribution in [0.5, 0.6) is 0 Å². The summed E-state index contributed by atoms with van der Waals surface area (Å²) in [5.41, 5.74) is 0. The second kappa shape index (κ2) is 6.68. The summed E-state index contributed by atoms with van der Waals surface area (Å²) >= 11 is 0. The molecule has 0 saturated carbocycles. The van der Waals surface area contributed by atoms with Gasteiger partial charge in [-0.3, -0.25) is 4.74 Å². The van der Waals surface area contributed by atoms with Crippen LogP contribution in [0.15, 0.2) is 0 Å². The third kappa shape index (κ3) is 4.98. The topological polar surface area (TPSA) is 36.9 Å². The maximum atomic E-state index is 13.2. The lowest BCUT2D eigenvalue weighted by atomic mass is 10.6. The third-order valence-electron chi connectivity index (χ3n) is 2.00. The van der Waals surface area contributed by atoms with Crippen molar-refractivity contribution in [1.82, 2.24) is 0 Å². The van der Waals surface area contributed by atoms with Gasteiger partial charge in [-0.2, -0.15) is 35.1 Å². The SMILES string of the molecule is CO[Si](OC)(OCOC(F)(F)C(F)(F)F)C(F)C(F)(F)F. The summed E-state index contributed by atoms with van der Waals surface area (Å²) in [6.45, 7) is -2.03. The van der Waals surface area contributed by atoms with Crippen molar-refractivity contribution in [3.05, 3.63) is 0 Å². The van der Waals surface area contributed by atoms with Crippen LogP contribution in [0.25, 0.3) is 0 Å². The van der Waals surface area contributed by atoms with E-state index in [1.807, 2.05) is 0 Å². The molecule has 0 heterocycles. The van der Waals surface area contributed by atoms with Crippen molar-refractivity contribution in [1.29, 1.82) is 0 Å². The molecule has 0 N–H and O–H groups in total. The molecule has 1 atom stereocenters. The van der Waals surface area contributed by atoms with Crippen LogP contribution in [0.4, 0.5) is 39.5 Å². The molecule has 0 aliphatic carbocycles. The summed E-state index contributed by atoms with van der Waals surface area (Å²) in [7, 11) is -4.24. The number of alkyl halides is 9. The van der Waals surface area contributed by atoms with Crippen molar-refractivity contribution >= 4 is 8.80 Å². The minimum absolute atomic E-state index is 0.510. The molecular formula is C7H9F9O4Si. The fourth-order valence-electron chi connectivity index (χ4n) is 0.949. The van der Waals surface area contributed by atoms with Gasteiger partial charge in [0.15, 0.2) is 0 Å². The minimum Gasteiger partial charge on any atom is -0.375 e. The van der Waals surface area contributed by atoms with Gasteiger partial charge in [0.1, 0.15) is 6.79 Å². The molecule has 0 aromatic carbocycles. The van der Waals surface area contributed by atoms with E-state index in [4.69, 9.17) is 0 Å². The molecule has 0 aliphatic rings. The molecule has 0 saturated heterocycles. The Balaban J connectivity index is 4.91. The highest BCUT2D eigenvalue weighted by Crippen LogP contribution is 2.37. The van der Waals surface area contributed by atoms with E-state index in [1.165, 1.54) is 0 Å². The zero-order valence-corrected chi connectivity index (χ0v) is 11.3. The van der Waals surface area contributed by atoms with Gasteiger partial charge >= 0.3 is 27.3 Å². The number of ether oxygens (including phenoxy) is 1. The molecule has 0 aromatic rings. The summed E-state index contributed by atoms with van der Waals surface area (Å²) in [6.07, 6.45) is -17.4. The fraction of sp³-hybridized carbons (Fsp3) is 1.00. The summed E-state index contributed by atoms with van der Waals surface area (Å²) in [5.74, 6) is -3.86. The van der Waals surface area contributed by atoms with E-state index in [9.17, 15) is 39.5 Å². The van der Waals surface area contributed by atoms with Crippen LogP contribution in [0.3, 0.4) is 0 Å². The van der Waals surface area contributed by atoms with E-state index in [0.29, 0.717) is 14.2 Å². The van der Waals surface area contributed by atoms with Gasteiger partial charge in [0, 0.05) is 14.2 Å². The fourth-order valence-corrected chi connectivity index (χ4v) is 2.54. The first-order chi connectivity index (χ1) is 9.23. The van der Waals surface area contributed by atoms with Gasteiger partial charge in [-0.05, 0) is 0 Å². The lowest BCUT2D eigenvalue weighted by Gasteiger charge is -2.30. The molecule has 0 aliphatic heterocycles. The molecule has 0 amide bonds. The average Bonchev–Trinajstić information content (AvgIpc) is 2.31. The summed E-state index contributed by atoms with van der Waals surface area (Å²) in [4.78, 5) is 0. The van der Waals surface area contributed by atoms with E-state index >= 15 is 0 Å². The predicted octanol–water partition coefficient (Wildman–Crippen LogP) is 2.80. The van der Waals surface area contributed by atoms with E-state index in [0.717, 1.165) is 0 Å². The lowest BCUT2D eigenvalue weighted by Crippen LogP contribution is -2.59. The molecule has 0 rings (SSSR count). The molecule has 128 valence electrons. The van der Waals surface area contributed by atoms with Gasteiger partial charge in [0.25, 0.3) is 5.79 Å². The van der Waals surface area contributed by atoms with Crippen molar-refractivity contribution in [3.8, 4) is 0 Å². The summed E-state index contributed by atoms with van der Waals surface area (Å²) in [5, 5.41) is 0. The number of halogens is 9. The van der Waals surface area contributed by atoms with Crippen LogP contribution in [-0.2, 0) is 18.0 Å². The van der Waals surface area contributed by atoms with Crippen LogP contribution < -0.4 is 0 Å². The Hall–Kier alpha value is -0.573. The Labute approximate surface area is 113 Å². The van der Waals surface area contributed by atoms with Crippen molar-refractivity contribution in [2.24, 2.45) is 0 Å². The average molecular weight is 356 g/mol. The molecule has 0 spiro atoms. The smallest absolute Gasteiger partial charge is 0.375 e. The molecular weight excluding hydrogens is 347 g/mol. The number of hydrogen-bond donors (Lipinski definition) is 0. The standard InChI is InChI=1S/C7H9F9O4Si/c1-17-21(18-2,4(8)5(9,10)11)20-3-19-7(15,16)6(12,13)14/h4H,3H2,1-2H3. The molecule has 21 heavy (non-hydrogen) atoms. The van der Waals surface area contributed by atoms with Gasteiger partial charge in [0.2, 0.25) is 0 Å². The first-order valence-electron chi connectivity index (χ1n) is 4.77. The third-order valence-corrected chi connectivity index (χ3v) is 4.60. The van der Waals surface area contributed by atoms with Crippen LogP contribution in [0.2, 0.25) is 0 Å². The summed E-state index contributed by atoms with van der Waals surface area (Å²) < 4.78 is 125. The molecule has 4 nitrogen and oxygen atoms in total. The van der Waals surface area contributed by atoms with E-state index < -0.39 is 39.9 Å². The predicted molar refractivity (Wildman–Crippen MR) is 48.8 cm³/mol. The van der Waals surface area contributed by atoms with E-state index in [2.05, 4.69) is 18.0 Å². The minimum atomic E-state index is -6.13. The maximum absolute atomic E-state index is 13.2. The number of rotatable bonds is 7. The molecule has 0 fully saturated rings. The quantitative estimate of drug-likeness (QED) is 0.399. The van der Waals surface area contributed by atoms with Gasteiger partial charge in [-0.1, -0.05) is 0 Å². The zero-order chi connectivity index (χ0) is 17.1. The first kappa shape index (κ1) is 20.4. The maximum Gasteiger partial charge on any atom is 0.548 e. The Morgan fingerprint density at radius 1 is 0.905 bits per heavy atom.